The molecular weight excluding hydrogens is 232 g/mol. The number of hydrogen-bond donors (Lipinski definition) is 0. The molecule has 0 unspecified atom stereocenters. The zero-order valence-corrected chi connectivity index (χ0v) is 11.3. The van der Waals surface area contributed by atoms with E-state index in [1.165, 1.54) is 11.1 Å². The van der Waals surface area contributed by atoms with Crippen LogP contribution in [0.2, 0.25) is 5.15 Å². The van der Waals surface area contributed by atoms with E-state index in [4.69, 9.17) is 11.6 Å². The van der Waals surface area contributed by atoms with Crippen LogP contribution in [0.5, 0.6) is 0 Å². The highest BCUT2D eigenvalue weighted by molar-refractivity contribution is 6.30. The summed E-state index contributed by atoms with van der Waals surface area (Å²) in [5.74, 6) is 0. The number of nitrogens with zero attached hydrogens (tertiary/aromatic N) is 2. The van der Waals surface area contributed by atoms with Gasteiger partial charge in [-0.15, -0.1) is 10.2 Å². The minimum Gasteiger partial charge on any atom is -0.149 e. The lowest BCUT2D eigenvalue weighted by Gasteiger charge is -2.10. The zero-order valence-electron chi connectivity index (χ0n) is 10.5. The molecule has 1 aromatic carbocycles. The minimum atomic E-state index is 0.482. The van der Waals surface area contributed by atoms with Gasteiger partial charge in [0.15, 0.2) is 5.15 Å². The first-order chi connectivity index (χ1) is 8.00. The predicted molar refractivity (Wildman–Crippen MR) is 71.4 cm³/mol. The quantitative estimate of drug-likeness (QED) is 0.759. The van der Waals surface area contributed by atoms with E-state index in [2.05, 4.69) is 42.2 Å². The smallest absolute Gasteiger partial charge is 0.149 e. The molecule has 2 aromatic rings. The van der Waals surface area contributed by atoms with Gasteiger partial charge < -0.3 is 0 Å². The fourth-order valence-corrected chi connectivity index (χ4v) is 2.09. The van der Waals surface area contributed by atoms with Crippen LogP contribution in [0.4, 0.5) is 0 Å². The molecule has 0 aliphatic rings. The van der Waals surface area contributed by atoms with E-state index in [0.29, 0.717) is 5.15 Å². The minimum absolute atomic E-state index is 0.482. The molecule has 1 heterocycles. The molecule has 0 saturated carbocycles. The largest absolute Gasteiger partial charge is 0.154 e. The van der Waals surface area contributed by atoms with Crippen molar-refractivity contribution >= 4 is 11.6 Å². The first kappa shape index (κ1) is 12.1. The lowest BCUT2D eigenvalue weighted by molar-refractivity contribution is 1.00. The van der Waals surface area contributed by atoms with Gasteiger partial charge in [0, 0.05) is 5.56 Å². The maximum absolute atomic E-state index is 5.96. The van der Waals surface area contributed by atoms with Gasteiger partial charge in [0.05, 0.1) is 5.69 Å². The molecular formula is C14H15ClN2. The molecule has 0 aliphatic heterocycles. The van der Waals surface area contributed by atoms with Crippen molar-refractivity contribution in [2.75, 3.05) is 0 Å². The van der Waals surface area contributed by atoms with Crippen molar-refractivity contribution in [3.8, 4) is 11.3 Å². The summed E-state index contributed by atoms with van der Waals surface area (Å²) in [5.41, 5.74) is 6.60. The molecule has 3 heteroatoms. The second-order valence-corrected chi connectivity index (χ2v) is 4.77. The summed E-state index contributed by atoms with van der Waals surface area (Å²) in [6.07, 6.45) is 0. The molecule has 0 N–H and O–H groups in total. The maximum Gasteiger partial charge on any atom is 0.154 e. The van der Waals surface area contributed by atoms with Crippen LogP contribution in [0.3, 0.4) is 0 Å². The molecule has 0 fully saturated rings. The van der Waals surface area contributed by atoms with Gasteiger partial charge in [-0.3, -0.25) is 0 Å². The van der Waals surface area contributed by atoms with Gasteiger partial charge in [0.2, 0.25) is 0 Å². The van der Waals surface area contributed by atoms with Gasteiger partial charge in [0.1, 0.15) is 0 Å². The van der Waals surface area contributed by atoms with Crippen molar-refractivity contribution in [1.82, 2.24) is 10.2 Å². The third-order valence-corrected chi connectivity index (χ3v) is 3.46. The second-order valence-electron chi connectivity index (χ2n) is 4.41. The molecule has 2 rings (SSSR count). The van der Waals surface area contributed by atoms with Gasteiger partial charge in [-0.05, 0) is 44.4 Å². The molecule has 88 valence electrons. The Morgan fingerprint density at radius 2 is 1.65 bits per heavy atom. The van der Waals surface area contributed by atoms with Gasteiger partial charge in [-0.2, -0.15) is 0 Å². The predicted octanol–water partition coefficient (Wildman–Crippen LogP) is 4.03. The molecule has 0 radical (unpaired) electrons. The number of aromatic nitrogens is 2. The summed E-state index contributed by atoms with van der Waals surface area (Å²) < 4.78 is 0. The number of halogens is 1. The molecule has 0 amide bonds. The first-order valence-corrected chi connectivity index (χ1v) is 5.95. The Kier molecular flexibility index (Phi) is 3.16. The Balaban J connectivity index is 2.65. The number of hydrogen-bond acceptors (Lipinski definition) is 2. The SMILES string of the molecule is Cc1ccc(-c2nnc(Cl)c(C)c2C)c(C)c1. The van der Waals surface area contributed by atoms with Crippen molar-refractivity contribution in [1.29, 1.82) is 0 Å². The lowest BCUT2D eigenvalue weighted by atomic mass is 9.99. The van der Waals surface area contributed by atoms with Gasteiger partial charge in [0.25, 0.3) is 0 Å². The summed E-state index contributed by atoms with van der Waals surface area (Å²) in [5, 5.41) is 8.69. The normalized spacial score (nSPS) is 10.6. The fourth-order valence-electron chi connectivity index (χ4n) is 1.91. The molecule has 0 aliphatic carbocycles. The molecule has 1 aromatic heterocycles. The van der Waals surface area contributed by atoms with Crippen LogP contribution >= 0.6 is 11.6 Å². The van der Waals surface area contributed by atoms with E-state index in [1.54, 1.807) is 0 Å². The van der Waals surface area contributed by atoms with Crippen molar-refractivity contribution in [2.24, 2.45) is 0 Å². The average Bonchev–Trinajstić information content (AvgIpc) is 2.28. The third kappa shape index (κ3) is 2.18. The van der Waals surface area contributed by atoms with Crippen LogP contribution in [-0.4, -0.2) is 10.2 Å². The topological polar surface area (TPSA) is 25.8 Å². The Morgan fingerprint density at radius 1 is 0.941 bits per heavy atom. The maximum atomic E-state index is 5.96. The van der Waals surface area contributed by atoms with Crippen molar-refractivity contribution < 1.29 is 0 Å². The molecule has 0 saturated heterocycles. The monoisotopic (exact) mass is 246 g/mol. The average molecular weight is 247 g/mol. The molecule has 17 heavy (non-hydrogen) atoms. The van der Waals surface area contributed by atoms with E-state index in [0.717, 1.165) is 22.4 Å². The van der Waals surface area contributed by atoms with E-state index >= 15 is 0 Å². The highest BCUT2D eigenvalue weighted by atomic mass is 35.5. The zero-order chi connectivity index (χ0) is 12.6. The Hall–Kier alpha value is -1.41. The van der Waals surface area contributed by atoms with Gasteiger partial charge in [-0.1, -0.05) is 35.4 Å². The highest BCUT2D eigenvalue weighted by Crippen LogP contribution is 2.28. The molecule has 0 spiro atoms. The Morgan fingerprint density at radius 3 is 2.29 bits per heavy atom. The van der Waals surface area contributed by atoms with Crippen LogP contribution in [-0.2, 0) is 0 Å². The van der Waals surface area contributed by atoms with Crippen LogP contribution in [0.15, 0.2) is 18.2 Å². The third-order valence-electron chi connectivity index (χ3n) is 3.10. The van der Waals surface area contributed by atoms with E-state index in [1.807, 2.05) is 13.8 Å². The Labute approximate surface area is 107 Å². The number of rotatable bonds is 1. The molecule has 2 nitrogen and oxygen atoms in total. The summed E-state index contributed by atoms with van der Waals surface area (Å²) in [4.78, 5) is 0. The van der Waals surface area contributed by atoms with Gasteiger partial charge in [-0.25, -0.2) is 0 Å². The summed E-state index contributed by atoms with van der Waals surface area (Å²) >= 11 is 5.96. The van der Waals surface area contributed by atoms with Crippen LogP contribution < -0.4 is 0 Å². The van der Waals surface area contributed by atoms with Crippen molar-refractivity contribution in [3.05, 3.63) is 45.6 Å². The second kappa shape index (κ2) is 4.46. The standard InChI is InChI=1S/C14H15ClN2/c1-8-5-6-12(9(2)7-8)13-10(3)11(4)14(15)17-16-13/h5-7H,1-4H3. The van der Waals surface area contributed by atoms with Crippen LogP contribution in [0, 0.1) is 27.7 Å². The van der Waals surface area contributed by atoms with Crippen molar-refractivity contribution in [2.45, 2.75) is 27.7 Å². The number of aryl methyl sites for hydroxylation is 2. The molecule has 0 bridgehead atoms. The summed E-state index contributed by atoms with van der Waals surface area (Å²) in [6, 6.07) is 6.34. The summed E-state index contributed by atoms with van der Waals surface area (Å²) in [6.45, 7) is 8.18. The highest BCUT2D eigenvalue weighted by Gasteiger charge is 2.11. The van der Waals surface area contributed by atoms with Gasteiger partial charge >= 0.3 is 0 Å². The lowest BCUT2D eigenvalue weighted by Crippen LogP contribution is -1.98. The van der Waals surface area contributed by atoms with Crippen molar-refractivity contribution in [3.63, 3.8) is 0 Å². The van der Waals surface area contributed by atoms with E-state index < -0.39 is 0 Å². The van der Waals surface area contributed by atoms with E-state index in [9.17, 15) is 0 Å². The van der Waals surface area contributed by atoms with E-state index in [-0.39, 0.29) is 0 Å². The summed E-state index contributed by atoms with van der Waals surface area (Å²) in [7, 11) is 0. The number of benzene rings is 1. The van der Waals surface area contributed by atoms with Crippen LogP contribution in [0.1, 0.15) is 22.3 Å². The van der Waals surface area contributed by atoms with Crippen LogP contribution in [0.25, 0.3) is 11.3 Å². The molecule has 0 atom stereocenters. The Bertz CT molecular complexity index is 577. The fraction of sp³-hybridized carbons (Fsp3) is 0.286. The first-order valence-electron chi connectivity index (χ1n) is 5.57.